The third-order valence-electron chi connectivity index (χ3n) is 1.66. The zero-order valence-corrected chi connectivity index (χ0v) is 7.67. The van der Waals surface area contributed by atoms with Crippen molar-refractivity contribution in [2.75, 3.05) is 0 Å². The highest BCUT2D eigenvalue weighted by molar-refractivity contribution is 6.30. The van der Waals surface area contributed by atoms with Gasteiger partial charge in [0.15, 0.2) is 23.3 Å². The molecule has 0 spiro atoms. The number of rotatable bonds is 1. The Hall–Kier alpha value is -0.810. The van der Waals surface area contributed by atoms with E-state index < -0.39 is 40.0 Å². The van der Waals surface area contributed by atoms with Gasteiger partial charge in [0.2, 0.25) is 0 Å². The number of aliphatic hydroxyl groups excluding tert-OH is 1. The van der Waals surface area contributed by atoms with Gasteiger partial charge in [0.1, 0.15) is 5.02 Å². The highest BCUT2D eigenvalue weighted by atomic mass is 35.5. The van der Waals surface area contributed by atoms with Crippen LogP contribution in [0.2, 0.25) is 5.02 Å². The first-order valence-corrected chi connectivity index (χ1v) is 3.95. The standard InChI is InChI=1S/C8H5ClF4O/c1-2(14)3-5(10)7(12)4(9)8(13)6(3)11/h2,14H,1H3. The minimum atomic E-state index is -1.71. The first-order valence-electron chi connectivity index (χ1n) is 3.57. The van der Waals surface area contributed by atoms with Crippen molar-refractivity contribution in [2.45, 2.75) is 13.0 Å². The second-order valence-electron chi connectivity index (χ2n) is 2.66. The SMILES string of the molecule is CC(O)c1c(F)c(F)c(Cl)c(F)c1F. The van der Waals surface area contributed by atoms with E-state index in [9.17, 15) is 17.6 Å². The fraction of sp³-hybridized carbons (Fsp3) is 0.250. The van der Waals surface area contributed by atoms with Crippen LogP contribution in [0.1, 0.15) is 18.6 Å². The Morgan fingerprint density at radius 2 is 1.36 bits per heavy atom. The van der Waals surface area contributed by atoms with Crippen LogP contribution in [0, 0.1) is 23.3 Å². The lowest BCUT2D eigenvalue weighted by atomic mass is 10.1. The summed E-state index contributed by atoms with van der Waals surface area (Å²) in [5.41, 5.74) is -1.07. The molecule has 1 N–H and O–H groups in total. The molecule has 0 aliphatic heterocycles. The Morgan fingerprint density at radius 3 is 1.64 bits per heavy atom. The lowest BCUT2D eigenvalue weighted by molar-refractivity contribution is 0.185. The van der Waals surface area contributed by atoms with E-state index in [1.807, 2.05) is 0 Å². The van der Waals surface area contributed by atoms with Crippen molar-refractivity contribution in [3.63, 3.8) is 0 Å². The van der Waals surface area contributed by atoms with Crippen molar-refractivity contribution in [3.05, 3.63) is 33.9 Å². The number of benzene rings is 1. The van der Waals surface area contributed by atoms with Gasteiger partial charge in [0, 0.05) is 0 Å². The predicted molar refractivity (Wildman–Crippen MR) is 41.9 cm³/mol. The lowest BCUT2D eigenvalue weighted by Crippen LogP contribution is -2.07. The second-order valence-corrected chi connectivity index (χ2v) is 3.04. The second kappa shape index (κ2) is 3.74. The van der Waals surface area contributed by atoms with Crippen LogP contribution in [0.15, 0.2) is 0 Å². The Balaban J connectivity index is 3.60. The van der Waals surface area contributed by atoms with Gasteiger partial charge in [0.05, 0.1) is 11.7 Å². The molecular formula is C8H5ClF4O. The summed E-state index contributed by atoms with van der Waals surface area (Å²) in [5, 5.41) is 7.61. The summed E-state index contributed by atoms with van der Waals surface area (Å²) >= 11 is 4.95. The van der Waals surface area contributed by atoms with Crippen LogP contribution in [0.5, 0.6) is 0 Å². The molecule has 0 aliphatic carbocycles. The van der Waals surface area contributed by atoms with E-state index in [0.29, 0.717) is 0 Å². The molecule has 0 heterocycles. The van der Waals surface area contributed by atoms with E-state index in [-0.39, 0.29) is 0 Å². The molecule has 1 nitrogen and oxygen atoms in total. The molecule has 0 aliphatic rings. The minimum Gasteiger partial charge on any atom is -0.388 e. The highest BCUT2D eigenvalue weighted by Crippen LogP contribution is 2.30. The molecule has 1 atom stereocenters. The van der Waals surface area contributed by atoms with Gasteiger partial charge in [0.25, 0.3) is 0 Å². The highest BCUT2D eigenvalue weighted by Gasteiger charge is 2.26. The molecule has 0 saturated heterocycles. The van der Waals surface area contributed by atoms with Crippen LogP contribution >= 0.6 is 11.6 Å². The third kappa shape index (κ3) is 1.57. The van der Waals surface area contributed by atoms with Crippen LogP contribution in [-0.4, -0.2) is 5.11 Å². The largest absolute Gasteiger partial charge is 0.388 e. The summed E-state index contributed by atoms with van der Waals surface area (Å²) in [5.74, 6) is -6.77. The van der Waals surface area contributed by atoms with Gasteiger partial charge in [-0.25, -0.2) is 17.6 Å². The zero-order valence-electron chi connectivity index (χ0n) is 6.91. The maximum Gasteiger partial charge on any atom is 0.180 e. The fourth-order valence-electron chi connectivity index (χ4n) is 0.989. The van der Waals surface area contributed by atoms with Gasteiger partial charge >= 0.3 is 0 Å². The van der Waals surface area contributed by atoms with Crippen LogP contribution in [0.4, 0.5) is 17.6 Å². The Kier molecular flexibility index (Phi) is 3.01. The smallest absolute Gasteiger partial charge is 0.180 e. The molecular weight excluding hydrogens is 224 g/mol. The van der Waals surface area contributed by atoms with Gasteiger partial charge in [-0.05, 0) is 6.92 Å². The average Bonchev–Trinajstić information content (AvgIpc) is 2.11. The van der Waals surface area contributed by atoms with E-state index in [4.69, 9.17) is 16.7 Å². The maximum absolute atomic E-state index is 12.9. The fourth-order valence-corrected chi connectivity index (χ4v) is 1.15. The molecule has 14 heavy (non-hydrogen) atoms. The maximum atomic E-state index is 12.9. The third-order valence-corrected chi connectivity index (χ3v) is 1.99. The van der Waals surface area contributed by atoms with Crippen LogP contribution in [-0.2, 0) is 0 Å². The van der Waals surface area contributed by atoms with Gasteiger partial charge in [-0.2, -0.15) is 0 Å². The van der Waals surface area contributed by atoms with Crippen molar-refractivity contribution in [1.82, 2.24) is 0 Å². The summed E-state index contributed by atoms with van der Waals surface area (Å²) in [6.07, 6.45) is -1.66. The number of hydrogen-bond donors (Lipinski definition) is 1. The quantitative estimate of drug-likeness (QED) is 0.445. The van der Waals surface area contributed by atoms with Gasteiger partial charge in [-0.1, -0.05) is 11.6 Å². The molecule has 78 valence electrons. The molecule has 1 rings (SSSR count). The Morgan fingerprint density at radius 1 is 1.00 bits per heavy atom. The van der Waals surface area contributed by atoms with Crippen LogP contribution in [0.25, 0.3) is 0 Å². The number of hydrogen-bond acceptors (Lipinski definition) is 1. The van der Waals surface area contributed by atoms with E-state index >= 15 is 0 Å². The Bertz CT molecular complexity index is 349. The average molecular weight is 229 g/mol. The van der Waals surface area contributed by atoms with Crippen molar-refractivity contribution < 1.29 is 22.7 Å². The van der Waals surface area contributed by atoms with E-state index in [1.165, 1.54) is 0 Å². The molecule has 1 aromatic rings. The predicted octanol–water partition coefficient (Wildman–Crippen LogP) is 2.95. The van der Waals surface area contributed by atoms with Crippen molar-refractivity contribution >= 4 is 11.6 Å². The zero-order chi connectivity index (χ0) is 11.0. The van der Waals surface area contributed by atoms with Crippen molar-refractivity contribution in [1.29, 1.82) is 0 Å². The monoisotopic (exact) mass is 228 g/mol. The van der Waals surface area contributed by atoms with E-state index in [2.05, 4.69) is 0 Å². The summed E-state index contributed by atoms with van der Waals surface area (Å²) in [4.78, 5) is 0. The van der Waals surface area contributed by atoms with E-state index in [1.54, 1.807) is 0 Å². The molecule has 0 amide bonds. The van der Waals surface area contributed by atoms with Crippen molar-refractivity contribution in [2.24, 2.45) is 0 Å². The van der Waals surface area contributed by atoms with Crippen LogP contribution in [0.3, 0.4) is 0 Å². The molecule has 1 unspecified atom stereocenters. The molecule has 0 aromatic heterocycles. The first kappa shape index (κ1) is 11.3. The Labute approximate surface area is 81.9 Å². The van der Waals surface area contributed by atoms with Gasteiger partial charge < -0.3 is 5.11 Å². The molecule has 0 radical (unpaired) electrons. The van der Waals surface area contributed by atoms with Crippen LogP contribution < -0.4 is 0 Å². The molecule has 0 bridgehead atoms. The normalized spacial score (nSPS) is 13.1. The van der Waals surface area contributed by atoms with Gasteiger partial charge in [-0.15, -0.1) is 0 Å². The molecule has 6 heteroatoms. The first-order chi connectivity index (χ1) is 6.37. The molecule has 1 aromatic carbocycles. The minimum absolute atomic E-state index is 0.980. The molecule has 0 fully saturated rings. The van der Waals surface area contributed by atoms with Crippen molar-refractivity contribution in [3.8, 4) is 0 Å². The summed E-state index contributed by atoms with van der Waals surface area (Å²) < 4.78 is 51.4. The molecule has 0 saturated carbocycles. The lowest BCUT2D eigenvalue weighted by Gasteiger charge is -2.10. The number of halogens is 5. The topological polar surface area (TPSA) is 20.2 Å². The summed E-state index contributed by atoms with van der Waals surface area (Å²) in [7, 11) is 0. The van der Waals surface area contributed by atoms with E-state index in [0.717, 1.165) is 6.92 Å². The van der Waals surface area contributed by atoms with Gasteiger partial charge in [-0.3, -0.25) is 0 Å². The number of aliphatic hydroxyl groups is 1. The summed E-state index contributed by atoms with van der Waals surface area (Å²) in [6, 6.07) is 0. The summed E-state index contributed by atoms with van der Waals surface area (Å²) in [6.45, 7) is 0.980.